The first-order valence-corrected chi connectivity index (χ1v) is 11.9. The van der Waals surface area contributed by atoms with Crippen molar-refractivity contribution in [2.45, 2.75) is 23.8 Å². The van der Waals surface area contributed by atoms with Gasteiger partial charge < -0.3 is 9.64 Å². The Kier molecular flexibility index (Phi) is 6.06. The van der Waals surface area contributed by atoms with Crippen LogP contribution < -0.4 is 0 Å². The van der Waals surface area contributed by atoms with Gasteiger partial charge in [-0.1, -0.05) is 34.1 Å². The van der Waals surface area contributed by atoms with Crippen LogP contribution in [0, 0.1) is 0 Å². The number of benzene rings is 2. The molecule has 2 aliphatic rings. The number of morpholine rings is 1. The Hall–Kier alpha value is -1.74. The molecule has 8 heteroatoms. The number of sulfonamides is 1. The molecule has 0 bridgehead atoms. The van der Waals surface area contributed by atoms with Gasteiger partial charge in [0, 0.05) is 29.7 Å². The van der Waals surface area contributed by atoms with Crippen LogP contribution in [0.4, 0.5) is 0 Å². The minimum absolute atomic E-state index is 0.172. The number of hydrogen-bond donors (Lipinski definition) is 0. The third kappa shape index (κ3) is 4.40. The average molecular weight is 479 g/mol. The fourth-order valence-electron chi connectivity index (χ4n) is 3.76. The van der Waals surface area contributed by atoms with Crippen molar-refractivity contribution in [2.75, 3.05) is 32.8 Å². The third-order valence-corrected chi connectivity index (χ3v) is 7.80. The average Bonchev–Trinajstić information content (AvgIpc) is 3.30. The molecule has 2 saturated heterocycles. The van der Waals surface area contributed by atoms with Crippen LogP contribution in [-0.2, 0) is 14.8 Å². The second-order valence-corrected chi connectivity index (χ2v) is 10.2. The lowest BCUT2D eigenvalue weighted by Gasteiger charge is -2.33. The number of rotatable bonds is 4. The summed E-state index contributed by atoms with van der Waals surface area (Å²) >= 11 is 3.42. The quantitative estimate of drug-likeness (QED) is 0.674. The Balaban J connectivity index is 1.52. The van der Waals surface area contributed by atoms with Gasteiger partial charge in [-0.25, -0.2) is 8.42 Å². The lowest BCUT2D eigenvalue weighted by atomic mass is 10.1. The Bertz CT molecular complexity index is 988. The van der Waals surface area contributed by atoms with Crippen LogP contribution in [0.2, 0.25) is 0 Å². The first-order valence-electron chi connectivity index (χ1n) is 9.72. The maximum Gasteiger partial charge on any atom is 0.254 e. The molecule has 29 heavy (non-hydrogen) atoms. The van der Waals surface area contributed by atoms with Crippen molar-refractivity contribution in [2.24, 2.45) is 0 Å². The predicted octanol–water partition coefficient (Wildman–Crippen LogP) is 3.45. The second-order valence-electron chi connectivity index (χ2n) is 7.30. The number of nitrogens with zero attached hydrogens (tertiary/aromatic N) is 2. The number of carbonyl (C=O) groups excluding carboxylic acids is 1. The van der Waals surface area contributed by atoms with E-state index in [9.17, 15) is 13.2 Å². The van der Waals surface area contributed by atoms with Crippen molar-refractivity contribution in [3.8, 4) is 0 Å². The summed E-state index contributed by atoms with van der Waals surface area (Å²) in [6.07, 6.45) is 1.56. The topological polar surface area (TPSA) is 66.9 Å². The molecule has 0 aromatic heterocycles. The van der Waals surface area contributed by atoms with Crippen molar-refractivity contribution >= 4 is 31.9 Å². The first kappa shape index (κ1) is 20.5. The van der Waals surface area contributed by atoms with E-state index >= 15 is 0 Å². The summed E-state index contributed by atoms with van der Waals surface area (Å²) < 4.78 is 34.0. The first-order chi connectivity index (χ1) is 13.9. The molecule has 6 nitrogen and oxygen atoms in total. The fraction of sp³-hybridized carbons (Fsp3) is 0.381. The highest BCUT2D eigenvalue weighted by Crippen LogP contribution is 2.26. The lowest BCUT2D eigenvalue weighted by Crippen LogP contribution is -2.42. The van der Waals surface area contributed by atoms with E-state index in [1.807, 2.05) is 24.3 Å². The Morgan fingerprint density at radius 1 is 1.03 bits per heavy atom. The van der Waals surface area contributed by atoms with Gasteiger partial charge in [0.1, 0.15) is 6.10 Å². The molecule has 1 unspecified atom stereocenters. The summed E-state index contributed by atoms with van der Waals surface area (Å²) in [6.45, 7) is 2.44. The maximum atomic E-state index is 13.1. The van der Waals surface area contributed by atoms with E-state index in [2.05, 4.69) is 15.9 Å². The molecule has 2 heterocycles. The molecule has 2 aromatic carbocycles. The van der Waals surface area contributed by atoms with Gasteiger partial charge in [-0.05, 0) is 48.7 Å². The normalized spacial score (nSPS) is 20.7. The lowest BCUT2D eigenvalue weighted by molar-refractivity contribution is -0.0228. The van der Waals surface area contributed by atoms with Gasteiger partial charge in [0.15, 0.2) is 0 Å². The second kappa shape index (κ2) is 8.55. The smallest absolute Gasteiger partial charge is 0.254 e. The van der Waals surface area contributed by atoms with Crippen LogP contribution in [0.3, 0.4) is 0 Å². The predicted molar refractivity (Wildman–Crippen MR) is 113 cm³/mol. The molecule has 1 atom stereocenters. The van der Waals surface area contributed by atoms with E-state index in [1.165, 1.54) is 10.4 Å². The highest BCUT2D eigenvalue weighted by Gasteiger charge is 2.29. The van der Waals surface area contributed by atoms with E-state index in [0.717, 1.165) is 22.9 Å². The molecule has 154 valence electrons. The molecule has 0 radical (unpaired) electrons. The van der Waals surface area contributed by atoms with Gasteiger partial charge in [-0.2, -0.15) is 4.31 Å². The highest BCUT2D eigenvalue weighted by molar-refractivity contribution is 9.10. The zero-order chi connectivity index (χ0) is 20.4. The summed E-state index contributed by atoms with van der Waals surface area (Å²) in [5.41, 5.74) is 1.40. The van der Waals surface area contributed by atoms with Crippen LogP contribution in [0.25, 0.3) is 0 Å². The standard InChI is InChI=1S/C21H23BrN2O4S/c22-18-8-6-16(7-9-18)20-15-23(12-13-28-20)21(25)17-4-3-5-19(14-17)29(26,27)24-10-1-2-11-24/h3-9,14,20H,1-2,10-13,15H2. The summed E-state index contributed by atoms with van der Waals surface area (Å²) in [5.74, 6) is -0.172. The van der Waals surface area contributed by atoms with Crippen LogP contribution >= 0.6 is 15.9 Å². The fourth-order valence-corrected chi connectivity index (χ4v) is 5.59. The molecular weight excluding hydrogens is 456 g/mol. The van der Waals surface area contributed by atoms with E-state index in [0.29, 0.717) is 38.3 Å². The van der Waals surface area contributed by atoms with Crippen molar-refractivity contribution in [1.82, 2.24) is 9.21 Å². The van der Waals surface area contributed by atoms with Crippen molar-refractivity contribution < 1.29 is 17.9 Å². The van der Waals surface area contributed by atoms with E-state index in [4.69, 9.17) is 4.74 Å². The maximum absolute atomic E-state index is 13.1. The number of halogens is 1. The Morgan fingerprint density at radius 2 is 1.76 bits per heavy atom. The van der Waals surface area contributed by atoms with E-state index in [1.54, 1.807) is 23.1 Å². The van der Waals surface area contributed by atoms with E-state index in [-0.39, 0.29) is 16.9 Å². The minimum Gasteiger partial charge on any atom is -0.370 e. The molecule has 0 saturated carbocycles. The molecule has 0 aliphatic carbocycles. The van der Waals surface area contributed by atoms with Gasteiger partial charge in [0.05, 0.1) is 18.0 Å². The molecule has 0 N–H and O–H groups in total. The zero-order valence-corrected chi connectivity index (χ0v) is 18.4. The molecular formula is C21H23BrN2O4S. The summed E-state index contributed by atoms with van der Waals surface area (Å²) in [5, 5.41) is 0. The number of carbonyl (C=O) groups is 1. The molecule has 2 aromatic rings. The van der Waals surface area contributed by atoms with Gasteiger partial charge in [0.2, 0.25) is 10.0 Å². The molecule has 4 rings (SSSR count). The third-order valence-electron chi connectivity index (χ3n) is 5.38. The largest absolute Gasteiger partial charge is 0.370 e. The number of ether oxygens (including phenoxy) is 1. The van der Waals surface area contributed by atoms with Crippen LogP contribution in [-0.4, -0.2) is 56.3 Å². The molecule has 2 fully saturated rings. The summed E-state index contributed by atoms with van der Waals surface area (Å²) in [4.78, 5) is 15.0. The monoisotopic (exact) mass is 478 g/mol. The van der Waals surface area contributed by atoms with Gasteiger partial charge in [-0.3, -0.25) is 4.79 Å². The highest BCUT2D eigenvalue weighted by atomic mass is 79.9. The van der Waals surface area contributed by atoms with Crippen LogP contribution in [0.1, 0.15) is 34.9 Å². The van der Waals surface area contributed by atoms with Gasteiger partial charge in [-0.15, -0.1) is 0 Å². The Labute approximate surface area is 179 Å². The minimum atomic E-state index is -3.55. The molecule has 0 spiro atoms. The van der Waals surface area contributed by atoms with Gasteiger partial charge >= 0.3 is 0 Å². The number of amides is 1. The number of hydrogen-bond acceptors (Lipinski definition) is 4. The SMILES string of the molecule is O=C(c1cccc(S(=O)(=O)N2CCCC2)c1)N1CCOC(c2ccc(Br)cc2)C1. The van der Waals surface area contributed by atoms with Crippen LogP contribution in [0.5, 0.6) is 0 Å². The van der Waals surface area contributed by atoms with Crippen molar-refractivity contribution in [1.29, 1.82) is 0 Å². The Morgan fingerprint density at radius 3 is 2.48 bits per heavy atom. The van der Waals surface area contributed by atoms with Crippen LogP contribution in [0.15, 0.2) is 57.9 Å². The summed E-state index contributed by atoms with van der Waals surface area (Å²) in [6, 6.07) is 14.2. The molecule has 2 aliphatic heterocycles. The van der Waals surface area contributed by atoms with Gasteiger partial charge in [0.25, 0.3) is 5.91 Å². The van der Waals surface area contributed by atoms with E-state index < -0.39 is 10.0 Å². The summed E-state index contributed by atoms with van der Waals surface area (Å²) in [7, 11) is -3.55. The van der Waals surface area contributed by atoms with Crippen molar-refractivity contribution in [3.63, 3.8) is 0 Å². The van der Waals surface area contributed by atoms with Crippen molar-refractivity contribution in [3.05, 3.63) is 64.1 Å². The molecule has 1 amide bonds. The zero-order valence-electron chi connectivity index (χ0n) is 16.0.